The van der Waals surface area contributed by atoms with Crippen molar-refractivity contribution in [3.63, 3.8) is 0 Å². The summed E-state index contributed by atoms with van der Waals surface area (Å²) in [7, 11) is 0. The zero-order valence-electron chi connectivity index (χ0n) is 6.65. The van der Waals surface area contributed by atoms with Crippen molar-refractivity contribution >= 4 is 5.71 Å². The average molecular weight is 159 g/mol. The van der Waals surface area contributed by atoms with Crippen molar-refractivity contribution in [2.75, 3.05) is 6.54 Å². The Bertz CT molecular complexity index is 188. The van der Waals surface area contributed by atoms with Crippen molar-refractivity contribution in [1.82, 2.24) is 0 Å². The number of hydrogen-bond donors (Lipinski definition) is 3. The molecule has 1 aliphatic heterocycles. The van der Waals surface area contributed by atoms with Crippen molar-refractivity contribution in [3.05, 3.63) is 0 Å². The maximum atomic E-state index is 9.54. The number of aliphatic hydroxyl groups excluding tert-OH is 2. The second-order valence-electron chi connectivity index (χ2n) is 3.09. The number of aliphatic hydroxyl groups is 3. The topological polar surface area (TPSA) is 73.1 Å². The van der Waals surface area contributed by atoms with Crippen LogP contribution in [0.4, 0.5) is 0 Å². The third-order valence-corrected chi connectivity index (χ3v) is 2.19. The van der Waals surface area contributed by atoms with Crippen molar-refractivity contribution in [3.8, 4) is 0 Å². The fourth-order valence-corrected chi connectivity index (χ4v) is 1.08. The lowest BCUT2D eigenvalue weighted by Crippen LogP contribution is -2.55. The van der Waals surface area contributed by atoms with Gasteiger partial charge in [0.2, 0.25) is 0 Å². The van der Waals surface area contributed by atoms with Gasteiger partial charge >= 0.3 is 0 Å². The highest BCUT2D eigenvalue weighted by atomic mass is 16.4. The number of rotatable bonds is 0. The Morgan fingerprint density at radius 2 is 2.09 bits per heavy atom. The molecule has 0 radical (unpaired) electrons. The monoisotopic (exact) mass is 159 g/mol. The summed E-state index contributed by atoms with van der Waals surface area (Å²) in [5.74, 6) is 0. The van der Waals surface area contributed by atoms with Crippen LogP contribution in [0.3, 0.4) is 0 Å². The lowest BCUT2D eigenvalue weighted by molar-refractivity contribution is -0.0828. The summed E-state index contributed by atoms with van der Waals surface area (Å²) in [5.41, 5.74) is -0.909. The van der Waals surface area contributed by atoms with Crippen LogP contribution < -0.4 is 0 Å². The molecule has 0 saturated heterocycles. The number of hydrogen-bond acceptors (Lipinski definition) is 4. The first-order valence-electron chi connectivity index (χ1n) is 3.56. The van der Waals surface area contributed by atoms with Gasteiger partial charge in [-0.1, -0.05) is 0 Å². The van der Waals surface area contributed by atoms with Crippen LogP contribution in [0.25, 0.3) is 0 Å². The highest BCUT2D eigenvalue weighted by Crippen LogP contribution is 2.20. The van der Waals surface area contributed by atoms with Crippen LogP contribution in [0.1, 0.15) is 13.8 Å². The van der Waals surface area contributed by atoms with Crippen LogP contribution >= 0.6 is 0 Å². The standard InChI is InChI=1S/C7H13NO3/c1-4-7(2,11)6(10)5(9)3-8-4/h5-6,9-11H,3H2,1-2H3/t5-,6+,7-/m1/s1. The minimum Gasteiger partial charge on any atom is -0.388 e. The molecule has 0 unspecified atom stereocenters. The molecule has 0 fully saturated rings. The molecule has 1 rings (SSSR count). The van der Waals surface area contributed by atoms with Crippen molar-refractivity contribution in [1.29, 1.82) is 0 Å². The second-order valence-corrected chi connectivity index (χ2v) is 3.09. The Kier molecular flexibility index (Phi) is 2.00. The largest absolute Gasteiger partial charge is 0.388 e. The highest BCUT2D eigenvalue weighted by molar-refractivity contribution is 5.91. The quantitative estimate of drug-likeness (QED) is 0.421. The predicted octanol–water partition coefficient (Wildman–Crippen LogP) is -1.07. The highest BCUT2D eigenvalue weighted by Gasteiger charge is 2.40. The first kappa shape index (κ1) is 8.64. The minimum absolute atomic E-state index is 0.170. The van der Waals surface area contributed by atoms with Crippen LogP contribution in [-0.4, -0.2) is 45.4 Å². The maximum Gasteiger partial charge on any atom is 0.127 e. The van der Waals surface area contributed by atoms with Crippen molar-refractivity contribution in [2.24, 2.45) is 4.99 Å². The molecular weight excluding hydrogens is 146 g/mol. The normalized spacial score (nSPS) is 45.4. The average Bonchev–Trinajstić information content (AvgIpc) is 1.95. The summed E-state index contributed by atoms with van der Waals surface area (Å²) in [6.07, 6.45) is -2.08. The lowest BCUT2D eigenvalue weighted by Gasteiger charge is -2.35. The van der Waals surface area contributed by atoms with E-state index < -0.39 is 17.8 Å². The molecule has 11 heavy (non-hydrogen) atoms. The molecule has 1 aliphatic rings. The molecule has 0 aromatic carbocycles. The van der Waals surface area contributed by atoms with E-state index in [0.717, 1.165) is 0 Å². The molecule has 0 saturated carbocycles. The minimum atomic E-state index is -1.38. The van der Waals surface area contributed by atoms with Crippen molar-refractivity contribution in [2.45, 2.75) is 31.7 Å². The summed E-state index contributed by atoms with van der Waals surface area (Å²) in [6.45, 7) is 3.25. The third-order valence-electron chi connectivity index (χ3n) is 2.19. The molecule has 0 aromatic heterocycles. The maximum absolute atomic E-state index is 9.54. The van der Waals surface area contributed by atoms with Crippen LogP contribution in [0.2, 0.25) is 0 Å². The van der Waals surface area contributed by atoms with Gasteiger partial charge in [-0.2, -0.15) is 0 Å². The molecular formula is C7H13NO3. The van der Waals surface area contributed by atoms with Crippen LogP contribution in [0.15, 0.2) is 4.99 Å². The van der Waals surface area contributed by atoms with Gasteiger partial charge in [-0.3, -0.25) is 4.99 Å². The molecule has 0 spiro atoms. The van der Waals surface area contributed by atoms with E-state index in [4.69, 9.17) is 5.11 Å². The van der Waals surface area contributed by atoms with Gasteiger partial charge in [0.05, 0.1) is 6.54 Å². The fraction of sp³-hybridized carbons (Fsp3) is 0.857. The fourth-order valence-electron chi connectivity index (χ4n) is 1.08. The Morgan fingerprint density at radius 1 is 1.55 bits per heavy atom. The van der Waals surface area contributed by atoms with Gasteiger partial charge in [-0.05, 0) is 13.8 Å². The Morgan fingerprint density at radius 3 is 2.55 bits per heavy atom. The first-order valence-corrected chi connectivity index (χ1v) is 3.56. The van der Waals surface area contributed by atoms with E-state index in [1.54, 1.807) is 6.92 Å². The van der Waals surface area contributed by atoms with Gasteiger partial charge < -0.3 is 15.3 Å². The Labute approximate surface area is 65.2 Å². The molecule has 0 bridgehead atoms. The van der Waals surface area contributed by atoms with Gasteiger partial charge in [-0.25, -0.2) is 0 Å². The van der Waals surface area contributed by atoms with E-state index >= 15 is 0 Å². The van der Waals surface area contributed by atoms with Gasteiger partial charge in [0.25, 0.3) is 0 Å². The predicted molar refractivity (Wildman–Crippen MR) is 40.6 cm³/mol. The van der Waals surface area contributed by atoms with Gasteiger partial charge in [0.15, 0.2) is 0 Å². The van der Waals surface area contributed by atoms with Crippen LogP contribution in [0, 0.1) is 0 Å². The van der Waals surface area contributed by atoms with E-state index in [0.29, 0.717) is 5.71 Å². The molecule has 3 atom stereocenters. The molecule has 3 N–H and O–H groups in total. The third kappa shape index (κ3) is 1.29. The van der Waals surface area contributed by atoms with Gasteiger partial charge in [0, 0.05) is 5.71 Å². The van der Waals surface area contributed by atoms with Gasteiger partial charge in [-0.15, -0.1) is 0 Å². The van der Waals surface area contributed by atoms with E-state index in [1.165, 1.54) is 6.92 Å². The molecule has 4 heteroatoms. The van der Waals surface area contributed by atoms with Gasteiger partial charge in [0.1, 0.15) is 17.8 Å². The summed E-state index contributed by atoms with van der Waals surface area (Å²) in [4.78, 5) is 3.87. The van der Waals surface area contributed by atoms with E-state index in [1.807, 2.05) is 0 Å². The summed E-state index contributed by atoms with van der Waals surface area (Å²) in [6, 6.07) is 0. The van der Waals surface area contributed by atoms with Crippen LogP contribution in [0.5, 0.6) is 0 Å². The summed E-state index contributed by atoms with van der Waals surface area (Å²) >= 11 is 0. The Hall–Kier alpha value is -0.450. The van der Waals surface area contributed by atoms with E-state index in [-0.39, 0.29) is 6.54 Å². The summed E-state index contributed by atoms with van der Waals surface area (Å²) < 4.78 is 0. The number of nitrogens with zero attached hydrogens (tertiary/aromatic N) is 1. The Balaban J connectivity index is 2.91. The second kappa shape index (κ2) is 2.55. The smallest absolute Gasteiger partial charge is 0.127 e. The molecule has 4 nitrogen and oxygen atoms in total. The molecule has 0 aromatic rings. The molecule has 0 aliphatic carbocycles. The van der Waals surface area contributed by atoms with E-state index in [9.17, 15) is 10.2 Å². The zero-order chi connectivity index (χ0) is 8.65. The molecule has 64 valence electrons. The van der Waals surface area contributed by atoms with E-state index in [2.05, 4.69) is 4.99 Å². The zero-order valence-corrected chi connectivity index (χ0v) is 6.65. The first-order chi connectivity index (χ1) is 4.96. The summed E-state index contributed by atoms with van der Waals surface area (Å²) in [5, 5.41) is 28.0. The molecule has 0 amide bonds. The van der Waals surface area contributed by atoms with Crippen LogP contribution in [-0.2, 0) is 0 Å². The number of aliphatic imine (C=N–C) groups is 1. The lowest BCUT2D eigenvalue weighted by atomic mass is 9.88. The molecule has 1 heterocycles. The SMILES string of the molecule is CC1=NC[C@@H](O)[C@H](O)[C@]1(C)O. The van der Waals surface area contributed by atoms with Crippen molar-refractivity contribution < 1.29 is 15.3 Å².